The van der Waals surface area contributed by atoms with Crippen molar-refractivity contribution in [3.8, 4) is 0 Å². The van der Waals surface area contributed by atoms with E-state index in [2.05, 4.69) is 6.92 Å². The first-order valence-electron chi connectivity index (χ1n) is 5.04. The fourth-order valence-electron chi connectivity index (χ4n) is 1.69. The zero-order valence-electron chi connectivity index (χ0n) is 8.03. The van der Waals surface area contributed by atoms with Gasteiger partial charge in [-0.05, 0) is 24.7 Å². The van der Waals surface area contributed by atoms with E-state index < -0.39 is 12.6 Å². The van der Waals surface area contributed by atoms with Gasteiger partial charge < -0.3 is 0 Å². The summed E-state index contributed by atoms with van der Waals surface area (Å²) in [5.74, 6) is 1.32. The first-order valence-corrected chi connectivity index (χ1v) is 5.04. The SMILES string of the molecule is CC(CCCC(F)(F)F)CC1CC1. The predicted molar refractivity (Wildman–Crippen MR) is 46.4 cm³/mol. The lowest BCUT2D eigenvalue weighted by atomic mass is 9.98. The molecule has 0 nitrogen and oxygen atoms in total. The van der Waals surface area contributed by atoms with Gasteiger partial charge >= 0.3 is 6.18 Å². The normalized spacial score (nSPS) is 20.3. The van der Waals surface area contributed by atoms with E-state index in [1.807, 2.05) is 0 Å². The Morgan fingerprint density at radius 1 is 1.31 bits per heavy atom. The van der Waals surface area contributed by atoms with Gasteiger partial charge in [0.25, 0.3) is 0 Å². The molecule has 0 radical (unpaired) electrons. The van der Waals surface area contributed by atoms with Gasteiger partial charge in [-0.3, -0.25) is 0 Å². The van der Waals surface area contributed by atoms with E-state index in [0.29, 0.717) is 12.3 Å². The molecule has 0 aliphatic heterocycles. The highest BCUT2D eigenvalue weighted by atomic mass is 19.4. The Kier molecular flexibility index (Phi) is 3.63. The molecule has 0 spiro atoms. The summed E-state index contributed by atoms with van der Waals surface area (Å²) in [7, 11) is 0. The minimum absolute atomic E-state index is 0.303. The molecule has 0 saturated heterocycles. The third-order valence-electron chi connectivity index (χ3n) is 2.59. The van der Waals surface area contributed by atoms with Crippen LogP contribution in [-0.2, 0) is 0 Å². The molecule has 1 aliphatic carbocycles. The Bertz CT molecular complexity index is 147. The monoisotopic (exact) mass is 194 g/mol. The highest BCUT2D eigenvalue weighted by molar-refractivity contribution is 4.75. The minimum Gasteiger partial charge on any atom is -0.171 e. The van der Waals surface area contributed by atoms with E-state index in [1.165, 1.54) is 12.8 Å². The first-order chi connectivity index (χ1) is 5.97. The molecule has 1 atom stereocenters. The Balaban J connectivity index is 1.97. The topological polar surface area (TPSA) is 0 Å². The summed E-state index contributed by atoms with van der Waals surface area (Å²) < 4.78 is 35.3. The Morgan fingerprint density at radius 2 is 1.92 bits per heavy atom. The third kappa shape index (κ3) is 5.94. The average Bonchev–Trinajstić information content (AvgIpc) is 2.68. The van der Waals surface area contributed by atoms with Crippen molar-refractivity contribution in [1.82, 2.24) is 0 Å². The lowest BCUT2D eigenvalue weighted by molar-refractivity contribution is -0.136. The van der Waals surface area contributed by atoms with Gasteiger partial charge in [-0.25, -0.2) is 0 Å². The first kappa shape index (κ1) is 10.9. The lowest BCUT2D eigenvalue weighted by Crippen LogP contribution is -2.07. The minimum atomic E-state index is -3.96. The summed E-state index contributed by atoms with van der Waals surface area (Å²) in [6.45, 7) is 2.06. The molecule has 0 bridgehead atoms. The molecule has 78 valence electrons. The van der Waals surface area contributed by atoms with Crippen LogP contribution in [0.2, 0.25) is 0 Å². The van der Waals surface area contributed by atoms with Crippen molar-refractivity contribution >= 4 is 0 Å². The number of alkyl halides is 3. The van der Waals surface area contributed by atoms with Gasteiger partial charge in [0.15, 0.2) is 0 Å². The molecule has 0 heterocycles. The van der Waals surface area contributed by atoms with Crippen LogP contribution in [-0.4, -0.2) is 6.18 Å². The maximum absolute atomic E-state index is 11.8. The van der Waals surface area contributed by atoms with Crippen molar-refractivity contribution in [3.63, 3.8) is 0 Å². The molecule has 1 aliphatic rings. The molecule has 0 aromatic rings. The molecule has 0 N–H and O–H groups in total. The van der Waals surface area contributed by atoms with Gasteiger partial charge in [0, 0.05) is 6.42 Å². The number of hydrogen-bond acceptors (Lipinski definition) is 0. The maximum atomic E-state index is 11.8. The van der Waals surface area contributed by atoms with Crippen molar-refractivity contribution in [2.75, 3.05) is 0 Å². The molecule has 1 fully saturated rings. The molecule has 0 aromatic carbocycles. The van der Waals surface area contributed by atoms with Crippen molar-refractivity contribution in [3.05, 3.63) is 0 Å². The molecule has 1 unspecified atom stereocenters. The standard InChI is InChI=1S/C10H17F3/c1-8(7-9-4-5-9)3-2-6-10(11,12)13/h8-9H,2-7H2,1H3. The second-order valence-corrected chi connectivity index (χ2v) is 4.29. The van der Waals surface area contributed by atoms with Crippen molar-refractivity contribution in [2.24, 2.45) is 11.8 Å². The summed E-state index contributed by atoms with van der Waals surface area (Å²) in [4.78, 5) is 0. The van der Waals surface area contributed by atoms with Gasteiger partial charge in [-0.15, -0.1) is 0 Å². The quantitative estimate of drug-likeness (QED) is 0.616. The fourth-order valence-corrected chi connectivity index (χ4v) is 1.69. The van der Waals surface area contributed by atoms with E-state index in [0.717, 1.165) is 18.8 Å². The molecular formula is C10H17F3. The van der Waals surface area contributed by atoms with Gasteiger partial charge in [0.2, 0.25) is 0 Å². The van der Waals surface area contributed by atoms with Crippen LogP contribution in [0.5, 0.6) is 0 Å². The van der Waals surface area contributed by atoms with Gasteiger partial charge in [-0.1, -0.05) is 26.2 Å². The van der Waals surface area contributed by atoms with E-state index in [-0.39, 0.29) is 0 Å². The van der Waals surface area contributed by atoms with Crippen LogP contribution < -0.4 is 0 Å². The summed E-state index contributed by atoms with van der Waals surface area (Å²) in [6, 6.07) is 0. The van der Waals surface area contributed by atoms with Crippen molar-refractivity contribution in [1.29, 1.82) is 0 Å². The summed E-state index contributed by atoms with van der Waals surface area (Å²) in [5, 5.41) is 0. The number of rotatable bonds is 5. The van der Waals surface area contributed by atoms with E-state index >= 15 is 0 Å². The van der Waals surface area contributed by atoms with E-state index in [1.54, 1.807) is 0 Å². The van der Waals surface area contributed by atoms with Crippen LogP contribution in [0.3, 0.4) is 0 Å². The average molecular weight is 194 g/mol. The van der Waals surface area contributed by atoms with Crippen molar-refractivity contribution in [2.45, 2.75) is 51.6 Å². The Morgan fingerprint density at radius 3 is 2.38 bits per heavy atom. The smallest absolute Gasteiger partial charge is 0.171 e. The molecule has 0 amide bonds. The Hall–Kier alpha value is -0.210. The second-order valence-electron chi connectivity index (χ2n) is 4.29. The van der Waals surface area contributed by atoms with Crippen LogP contribution in [0.15, 0.2) is 0 Å². The number of hydrogen-bond donors (Lipinski definition) is 0. The predicted octanol–water partition coefficient (Wildman–Crippen LogP) is 4.16. The van der Waals surface area contributed by atoms with Crippen LogP contribution in [0.4, 0.5) is 13.2 Å². The van der Waals surface area contributed by atoms with Gasteiger partial charge in [-0.2, -0.15) is 13.2 Å². The summed E-state index contributed by atoms with van der Waals surface area (Å²) >= 11 is 0. The molecule has 0 aromatic heterocycles. The fraction of sp³-hybridized carbons (Fsp3) is 1.00. The van der Waals surface area contributed by atoms with E-state index in [4.69, 9.17) is 0 Å². The summed E-state index contributed by atoms with van der Waals surface area (Å²) in [6.07, 6.45) is 0.194. The van der Waals surface area contributed by atoms with Crippen molar-refractivity contribution < 1.29 is 13.2 Å². The highest BCUT2D eigenvalue weighted by Gasteiger charge is 2.27. The van der Waals surface area contributed by atoms with E-state index in [9.17, 15) is 13.2 Å². The van der Waals surface area contributed by atoms with Crippen LogP contribution >= 0.6 is 0 Å². The largest absolute Gasteiger partial charge is 0.389 e. The third-order valence-corrected chi connectivity index (χ3v) is 2.59. The van der Waals surface area contributed by atoms with Crippen LogP contribution in [0, 0.1) is 11.8 Å². The van der Waals surface area contributed by atoms with Gasteiger partial charge in [0.1, 0.15) is 0 Å². The van der Waals surface area contributed by atoms with Crippen LogP contribution in [0.1, 0.15) is 45.4 Å². The zero-order chi connectivity index (χ0) is 9.90. The Labute approximate surface area is 77.5 Å². The second kappa shape index (κ2) is 4.34. The molecule has 3 heteroatoms. The van der Waals surface area contributed by atoms with Crippen LogP contribution in [0.25, 0.3) is 0 Å². The molecule has 1 rings (SSSR count). The number of halogens is 3. The zero-order valence-corrected chi connectivity index (χ0v) is 8.03. The molecule has 13 heavy (non-hydrogen) atoms. The highest BCUT2D eigenvalue weighted by Crippen LogP contribution is 2.36. The van der Waals surface area contributed by atoms with Gasteiger partial charge in [0.05, 0.1) is 0 Å². The molecule has 1 saturated carbocycles. The maximum Gasteiger partial charge on any atom is 0.389 e. The lowest BCUT2D eigenvalue weighted by Gasteiger charge is -2.11. The summed E-state index contributed by atoms with van der Waals surface area (Å²) in [5.41, 5.74) is 0. The molecular weight excluding hydrogens is 177 g/mol.